The Morgan fingerprint density at radius 3 is 2.50 bits per heavy atom. The average Bonchev–Trinajstić information content (AvgIpc) is 2.88. The van der Waals surface area contributed by atoms with Crippen LogP contribution < -0.4 is 10.0 Å². The van der Waals surface area contributed by atoms with E-state index in [1.807, 2.05) is 30.3 Å². The van der Waals surface area contributed by atoms with Crippen LogP contribution in [0, 0.1) is 0 Å². The zero-order chi connectivity index (χ0) is 25.1. The van der Waals surface area contributed by atoms with Gasteiger partial charge in [0.1, 0.15) is 11.2 Å². The van der Waals surface area contributed by atoms with Crippen LogP contribution in [0.2, 0.25) is 5.02 Å². The molecule has 10 heteroatoms. The number of halogens is 1. The van der Waals surface area contributed by atoms with Gasteiger partial charge in [-0.3, -0.25) is 4.72 Å². The molecule has 0 saturated carbocycles. The summed E-state index contributed by atoms with van der Waals surface area (Å²) in [5.74, 6) is 0. The fourth-order valence-corrected chi connectivity index (χ4v) is 5.87. The second kappa shape index (κ2) is 10.1. The van der Waals surface area contributed by atoms with Gasteiger partial charge in [-0.1, -0.05) is 41.9 Å². The van der Waals surface area contributed by atoms with Crippen LogP contribution in [0.1, 0.15) is 19.3 Å². The van der Waals surface area contributed by atoms with E-state index >= 15 is 0 Å². The van der Waals surface area contributed by atoms with E-state index < -0.39 is 10.0 Å². The normalized spacial score (nSPS) is 14.0. The summed E-state index contributed by atoms with van der Waals surface area (Å²) < 4.78 is 28.9. The predicted molar refractivity (Wildman–Crippen MR) is 142 cm³/mol. The van der Waals surface area contributed by atoms with Crippen molar-refractivity contribution < 1.29 is 13.2 Å². The Morgan fingerprint density at radius 2 is 1.69 bits per heavy atom. The molecule has 2 N–H and O–H groups in total. The zero-order valence-corrected chi connectivity index (χ0v) is 20.9. The number of likely N-dealkylation sites (tertiary alicyclic amines) is 1. The number of benzene rings is 3. The Kier molecular flexibility index (Phi) is 6.75. The first-order chi connectivity index (χ1) is 17.4. The minimum absolute atomic E-state index is 0.0110. The molecule has 0 aliphatic carbocycles. The second-order valence-corrected chi connectivity index (χ2v) is 10.6. The molecule has 0 bridgehead atoms. The number of rotatable bonds is 5. The van der Waals surface area contributed by atoms with Crippen LogP contribution in [0.4, 0.5) is 16.2 Å². The lowest BCUT2D eigenvalue weighted by molar-refractivity contribution is 0.200. The summed E-state index contributed by atoms with van der Waals surface area (Å²) in [6.07, 6.45) is 4.56. The number of anilines is 2. The van der Waals surface area contributed by atoms with Crippen molar-refractivity contribution >= 4 is 49.9 Å². The van der Waals surface area contributed by atoms with Gasteiger partial charge in [0.2, 0.25) is 0 Å². The standard InChI is InChI=1S/C26H24ClN5O3S/c27-22-16-19(30-26(33)32-13-4-1-5-14-32)11-12-24(22)36(34,35)31-20-8-6-7-18(15-20)25-21-9-2-3-10-23(21)28-17-29-25/h2-3,6-12,15-17,31H,1,4-5,13-14H2,(H,30,33). The molecule has 1 aliphatic heterocycles. The Bertz CT molecular complexity index is 1530. The number of hydrogen-bond donors (Lipinski definition) is 2. The highest BCUT2D eigenvalue weighted by molar-refractivity contribution is 7.92. The molecule has 36 heavy (non-hydrogen) atoms. The van der Waals surface area contributed by atoms with Crippen molar-refractivity contribution in [2.45, 2.75) is 24.2 Å². The van der Waals surface area contributed by atoms with Gasteiger partial charge in [0.05, 0.1) is 16.2 Å². The lowest BCUT2D eigenvalue weighted by Gasteiger charge is -2.26. The fraction of sp³-hybridized carbons (Fsp3) is 0.192. The first kappa shape index (κ1) is 24.0. The van der Waals surface area contributed by atoms with Crippen LogP contribution in [0.25, 0.3) is 22.2 Å². The van der Waals surface area contributed by atoms with Crippen molar-refractivity contribution in [1.82, 2.24) is 14.9 Å². The van der Waals surface area contributed by atoms with Crippen molar-refractivity contribution in [3.63, 3.8) is 0 Å². The molecule has 2 heterocycles. The van der Waals surface area contributed by atoms with Crippen LogP contribution in [0.3, 0.4) is 0 Å². The minimum atomic E-state index is -3.99. The number of carbonyl (C=O) groups excluding carboxylic acids is 1. The summed E-state index contributed by atoms with van der Waals surface area (Å²) in [5.41, 5.74) is 3.05. The molecule has 1 aromatic heterocycles. The number of para-hydroxylation sites is 1. The fourth-order valence-electron chi connectivity index (χ4n) is 4.27. The largest absolute Gasteiger partial charge is 0.325 e. The number of carbonyl (C=O) groups is 1. The van der Waals surface area contributed by atoms with Gasteiger partial charge >= 0.3 is 6.03 Å². The Hall–Kier alpha value is -3.69. The van der Waals surface area contributed by atoms with Gasteiger partial charge in [-0.05, 0) is 55.7 Å². The molecular formula is C26H24ClN5O3S. The van der Waals surface area contributed by atoms with E-state index in [0.717, 1.165) is 35.7 Å². The minimum Gasteiger partial charge on any atom is -0.325 e. The van der Waals surface area contributed by atoms with E-state index in [1.54, 1.807) is 23.1 Å². The van der Waals surface area contributed by atoms with E-state index in [1.165, 1.54) is 24.5 Å². The Labute approximate surface area is 214 Å². The highest BCUT2D eigenvalue weighted by Crippen LogP contribution is 2.30. The Morgan fingerprint density at radius 1 is 0.889 bits per heavy atom. The lowest BCUT2D eigenvalue weighted by atomic mass is 10.1. The summed E-state index contributed by atoms with van der Waals surface area (Å²) in [5, 5.41) is 3.67. The SMILES string of the molecule is O=C(Nc1ccc(S(=O)(=O)Nc2cccc(-c3ncnc4ccccc34)c2)c(Cl)c1)N1CCCCC1. The highest BCUT2D eigenvalue weighted by Gasteiger charge is 2.21. The molecule has 184 valence electrons. The third-order valence-corrected chi connectivity index (χ3v) is 7.91. The van der Waals surface area contributed by atoms with Crippen LogP contribution in [-0.4, -0.2) is 42.4 Å². The second-order valence-electron chi connectivity index (χ2n) is 8.55. The van der Waals surface area contributed by atoms with Crippen molar-refractivity contribution in [1.29, 1.82) is 0 Å². The number of hydrogen-bond acceptors (Lipinski definition) is 5. The number of nitrogens with zero attached hydrogens (tertiary/aromatic N) is 3. The van der Waals surface area contributed by atoms with Gasteiger partial charge in [-0.25, -0.2) is 23.2 Å². The van der Waals surface area contributed by atoms with E-state index in [2.05, 4.69) is 20.0 Å². The van der Waals surface area contributed by atoms with Crippen LogP contribution in [0.5, 0.6) is 0 Å². The molecule has 0 atom stereocenters. The topological polar surface area (TPSA) is 104 Å². The summed E-state index contributed by atoms with van der Waals surface area (Å²) in [6, 6.07) is 18.8. The van der Waals surface area contributed by atoms with Crippen molar-refractivity contribution in [2.24, 2.45) is 0 Å². The van der Waals surface area contributed by atoms with Gasteiger partial charge in [0, 0.05) is 35.4 Å². The smallest absolute Gasteiger partial charge is 0.321 e. The van der Waals surface area contributed by atoms with Crippen molar-refractivity contribution in [3.05, 3.63) is 78.1 Å². The van der Waals surface area contributed by atoms with Crippen molar-refractivity contribution in [2.75, 3.05) is 23.1 Å². The third kappa shape index (κ3) is 5.12. The van der Waals surface area contributed by atoms with E-state index in [-0.39, 0.29) is 15.9 Å². The Balaban J connectivity index is 1.36. The first-order valence-electron chi connectivity index (χ1n) is 11.6. The molecule has 2 amide bonds. The maximum Gasteiger partial charge on any atom is 0.321 e. The molecule has 0 radical (unpaired) electrons. The summed E-state index contributed by atoms with van der Waals surface area (Å²) >= 11 is 6.34. The highest BCUT2D eigenvalue weighted by atomic mass is 35.5. The maximum atomic E-state index is 13.1. The first-order valence-corrected chi connectivity index (χ1v) is 13.5. The van der Waals surface area contributed by atoms with Gasteiger partial charge in [-0.15, -0.1) is 0 Å². The van der Waals surface area contributed by atoms with Crippen LogP contribution in [0.15, 0.2) is 78.0 Å². The molecule has 0 spiro atoms. The summed E-state index contributed by atoms with van der Waals surface area (Å²) in [6.45, 7) is 1.42. The molecular weight excluding hydrogens is 498 g/mol. The van der Waals surface area contributed by atoms with Crippen LogP contribution in [-0.2, 0) is 10.0 Å². The van der Waals surface area contributed by atoms with Gasteiger partial charge in [-0.2, -0.15) is 0 Å². The zero-order valence-electron chi connectivity index (χ0n) is 19.3. The molecule has 0 unspecified atom stereocenters. The molecule has 4 aromatic rings. The molecule has 1 aliphatic rings. The van der Waals surface area contributed by atoms with E-state index in [4.69, 9.17) is 11.6 Å². The third-order valence-electron chi connectivity index (χ3n) is 6.05. The molecule has 8 nitrogen and oxygen atoms in total. The van der Waals surface area contributed by atoms with Gasteiger partial charge in [0.25, 0.3) is 10.0 Å². The summed E-state index contributed by atoms with van der Waals surface area (Å²) in [7, 11) is -3.99. The number of piperidine rings is 1. The lowest BCUT2D eigenvalue weighted by Crippen LogP contribution is -2.38. The molecule has 3 aromatic carbocycles. The van der Waals surface area contributed by atoms with E-state index in [0.29, 0.717) is 30.2 Å². The van der Waals surface area contributed by atoms with Gasteiger partial charge in [0.15, 0.2) is 0 Å². The number of amides is 2. The molecule has 1 saturated heterocycles. The van der Waals surface area contributed by atoms with Gasteiger partial charge < -0.3 is 10.2 Å². The number of fused-ring (bicyclic) bond motifs is 1. The molecule has 1 fully saturated rings. The number of nitrogens with one attached hydrogen (secondary N) is 2. The number of urea groups is 1. The predicted octanol–water partition coefficient (Wildman–Crippen LogP) is 5.77. The van der Waals surface area contributed by atoms with E-state index in [9.17, 15) is 13.2 Å². The monoisotopic (exact) mass is 521 g/mol. The summed E-state index contributed by atoms with van der Waals surface area (Å²) in [4.78, 5) is 22.8. The number of aromatic nitrogens is 2. The van der Waals surface area contributed by atoms with Crippen LogP contribution >= 0.6 is 11.6 Å². The average molecular weight is 522 g/mol. The maximum absolute atomic E-state index is 13.1. The van der Waals surface area contributed by atoms with Crippen molar-refractivity contribution in [3.8, 4) is 11.3 Å². The molecule has 5 rings (SSSR count). The quantitative estimate of drug-likeness (QED) is 0.347. The number of sulfonamides is 1.